The van der Waals surface area contributed by atoms with Gasteiger partial charge in [0.1, 0.15) is 0 Å². The topological polar surface area (TPSA) is 38.5 Å². The minimum Gasteiger partial charge on any atom is -0.383 e. The average Bonchev–Trinajstić information content (AvgIpc) is 2.30. The van der Waals surface area contributed by atoms with Gasteiger partial charge in [-0.3, -0.25) is 4.90 Å². The molecule has 1 rings (SSSR count). The Hall–Kier alpha value is -0.900. The normalized spacial score (nSPS) is 13.1. The summed E-state index contributed by atoms with van der Waals surface area (Å²) in [6.45, 7) is 4.47. The Morgan fingerprint density at radius 1 is 1.25 bits per heavy atom. The molecule has 90 valence electrons. The first-order chi connectivity index (χ1) is 7.67. The first kappa shape index (κ1) is 13.2. The van der Waals surface area contributed by atoms with Crippen molar-refractivity contribution in [1.82, 2.24) is 4.90 Å². The van der Waals surface area contributed by atoms with Crippen LogP contribution in [0.5, 0.6) is 0 Å². The van der Waals surface area contributed by atoms with Crippen LogP contribution in [0.1, 0.15) is 18.1 Å². The molecule has 0 radical (unpaired) electrons. The van der Waals surface area contributed by atoms with Crippen molar-refractivity contribution in [2.24, 2.45) is 5.73 Å². The van der Waals surface area contributed by atoms with E-state index < -0.39 is 0 Å². The largest absolute Gasteiger partial charge is 0.383 e. The SMILES string of the molecule is COCC(C)N(C)Cc1ccc(CN)cc1. The maximum Gasteiger partial charge on any atom is 0.0615 e. The number of nitrogens with zero attached hydrogens (tertiary/aromatic N) is 1. The summed E-state index contributed by atoms with van der Waals surface area (Å²) >= 11 is 0. The van der Waals surface area contributed by atoms with Crippen molar-refractivity contribution < 1.29 is 4.74 Å². The zero-order valence-corrected chi connectivity index (χ0v) is 10.4. The summed E-state index contributed by atoms with van der Waals surface area (Å²) in [4.78, 5) is 2.28. The lowest BCUT2D eigenvalue weighted by atomic mass is 10.1. The van der Waals surface area contributed by atoms with Crippen molar-refractivity contribution in [2.75, 3.05) is 20.8 Å². The van der Waals surface area contributed by atoms with Crippen LogP contribution in [0, 0.1) is 0 Å². The van der Waals surface area contributed by atoms with Gasteiger partial charge in [-0.25, -0.2) is 0 Å². The van der Waals surface area contributed by atoms with Crippen LogP contribution in [0.25, 0.3) is 0 Å². The van der Waals surface area contributed by atoms with Gasteiger partial charge < -0.3 is 10.5 Å². The van der Waals surface area contributed by atoms with Gasteiger partial charge in [-0.05, 0) is 25.1 Å². The zero-order chi connectivity index (χ0) is 12.0. The monoisotopic (exact) mass is 222 g/mol. The molecule has 0 bridgehead atoms. The first-order valence-electron chi connectivity index (χ1n) is 5.64. The predicted molar refractivity (Wildman–Crippen MR) is 67.1 cm³/mol. The van der Waals surface area contributed by atoms with Crippen molar-refractivity contribution in [1.29, 1.82) is 0 Å². The number of likely N-dealkylation sites (N-methyl/N-ethyl adjacent to an activating group) is 1. The maximum atomic E-state index is 5.56. The third-order valence-corrected chi connectivity index (χ3v) is 2.85. The molecule has 0 aliphatic rings. The number of ether oxygens (including phenoxy) is 1. The molecule has 2 N–H and O–H groups in total. The van der Waals surface area contributed by atoms with Gasteiger partial charge in [-0.15, -0.1) is 0 Å². The number of benzene rings is 1. The lowest BCUT2D eigenvalue weighted by Gasteiger charge is -2.24. The standard InChI is InChI=1S/C13H22N2O/c1-11(10-16-3)15(2)9-13-6-4-12(8-14)5-7-13/h4-7,11H,8-10,14H2,1-3H3. The molecule has 0 heterocycles. The predicted octanol–water partition coefficient (Wildman–Crippen LogP) is 1.61. The van der Waals surface area contributed by atoms with Crippen LogP contribution >= 0.6 is 0 Å². The van der Waals surface area contributed by atoms with E-state index in [0.717, 1.165) is 13.2 Å². The van der Waals surface area contributed by atoms with Gasteiger partial charge in [-0.2, -0.15) is 0 Å². The van der Waals surface area contributed by atoms with Crippen molar-refractivity contribution in [3.8, 4) is 0 Å². The molecule has 0 fully saturated rings. The summed E-state index contributed by atoms with van der Waals surface area (Å²) in [5, 5.41) is 0. The number of nitrogens with two attached hydrogens (primary N) is 1. The number of methoxy groups -OCH3 is 1. The Morgan fingerprint density at radius 3 is 2.31 bits per heavy atom. The van der Waals surface area contributed by atoms with Gasteiger partial charge in [0.15, 0.2) is 0 Å². The fourth-order valence-corrected chi connectivity index (χ4v) is 1.59. The molecule has 0 aliphatic heterocycles. The van der Waals surface area contributed by atoms with Crippen LogP contribution in [-0.4, -0.2) is 31.7 Å². The molecule has 16 heavy (non-hydrogen) atoms. The summed E-state index contributed by atoms with van der Waals surface area (Å²) in [7, 11) is 3.85. The second kappa shape index (κ2) is 6.63. The number of hydrogen-bond acceptors (Lipinski definition) is 3. The second-order valence-electron chi connectivity index (χ2n) is 4.24. The molecule has 1 aromatic carbocycles. The van der Waals surface area contributed by atoms with E-state index in [1.807, 2.05) is 0 Å². The molecule has 0 spiro atoms. The summed E-state index contributed by atoms with van der Waals surface area (Å²) in [6, 6.07) is 8.88. The molecule has 0 saturated heterocycles. The molecular weight excluding hydrogens is 200 g/mol. The van der Waals surface area contributed by atoms with Crippen LogP contribution in [-0.2, 0) is 17.8 Å². The Bertz CT molecular complexity index is 297. The van der Waals surface area contributed by atoms with Gasteiger partial charge in [0.05, 0.1) is 6.61 Å². The lowest BCUT2D eigenvalue weighted by molar-refractivity contribution is 0.112. The van der Waals surface area contributed by atoms with Crippen molar-refractivity contribution >= 4 is 0 Å². The van der Waals surface area contributed by atoms with E-state index in [4.69, 9.17) is 10.5 Å². The smallest absolute Gasteiger partial charge is 0.0615 e. The maximum absolute atomic E-state index is 5.56. The Kier molecular flexibility index (Phi) is 5.46. The highest BCUT2D eigenvalue weighted by Gasteiger charge is 2.08. The minimum atomic E-state index is 0.430. The minimum absolute atomic E-state index is 0.430. The van der Waals surface area contributed by atoms with E-state index in [9.17, 15) is 0 Å². The molecule has 1 unspecified atom stereocenters. The Morgan fingerprint density at radius 2 is 1.81 bits per heavy atom. The van der Waals surface area contributed by atoms with Gasteiger partial charge in [0.25, 0.3) is 0 Å². The van der Waals surface area contributed by atoms with Crippen LogP contribution in [0.2, 0.25) is 0 Å². The van der Waals surface area contributed by atoms with Crippen LogP contribution in [0.3, 0.4) is 0 Å². The third kappa shape index (κ3) is 3.93. The highest BCUT2D eigenvalue weighted by Crippen LogP contribution is 2.08. The van der Waals surface area contributed by atoms with E-state index in [2.05, 4.69) is 43.1 Å². The van der Waals surface area contributed by atoms with Gasteiger partial charge >= 0.3 is 0 Å². The molecular formula is C13H22N2O. The van der Waals surface area contributed by atoms with E-state index in [1.165, 1.54) is 11.1 Å². The number of rotatable bonds is 6. The summed E-state index contributed by atoms with van der Waals surface area (Å²) in [5.74, 6) is 0. The van der Waals surface area contributed by atoms with E-state index in [0.29, 0.717) is 12.6 Å². The highest BCUT2D eigenvalue weighted by atomic mass is 16.5. The van der Waals surface area contributed by atoms with Gasteiger partial charge in [0.2, 0.25) is 0 Å². The van der Waals surface area contributed by atoms with E-state index in [1.54, 1.807) is 7.11 Å². The second-order valence-corrected chi connectivity index (χ2v) is 4.24. The van der Waals surface area contributed by atoms with Crippen LogP contribution < -0.4 is 5.73 Å². The van der Waals surface area contributed by atoms with E-state index in [-0.39, 0.29) is 0 Å². The summed E-state index contributed by atoms with van der Waals surface area (Å²) < 4.78 is 5.14. The zero-order valence-electron chi connectivity index (χ0n) is 10.4. The third-order valence-electron chi connectivity index (χ3n) is 2.85. The molecule has 3 heteroatoms. The van der Waals surface area contributed by atoms with Crippen molar-refractivity contribution in [3.63, 3.8) is 0 Å². The Labute approximate surface area is 98.2 Å². The highest BCUT2D eigenvalue weighted by molar-refractivity contribution is 5.22. The summed E-state index contributed by atoms with van der Waals surface area (Å²) in [6.07, 6.45) is 0. The fraction of sp³-hybridized carbons (Fsp3) is 0.538. The molecule has 3 nitrogen and oxygen atoms in total. The quantitative estimate of drug-likeness (QED) is 0.794. The molecule has 1 aromatic rings. The average molecular weight is 222 g/mol. The van der Waals surface area contributed by atoms with Gasteiger partial charge in [-0.1, -0.05) is 24.3 Å². The van der Waals surface area contributed by atoms with Crippen molar-refractivity contribution in [2.45, 2.75) is 26.1 Å². The first-order valence-corrected chi connectivity index (χ1v) is 5.64. The van der Waals surface area contributed by atoms with E-state index >= 15 is 0 Å². The summed E-state index contributed by atoms with van der Waals surface area (Å²) in [5.41, 5.74) is 8.05. The molecule has 0 amide bonds. The van der Waals surface area contributed by atoms with Crippen molar-refractivity contribution in [3.05, 3.63) is 35.4 Å². The molecule has 1 atom stereocenters. The van der Waals surface area contributed by atoms with Gasteiger partial charge in [0, 0.05) is 26.2 Å². The molecule has 0 aliphatic carbocycles. The van der Waals surface area contributed by atoms with Crippen LogP contribution in [0.15, 0.2) is 24.3 Å². The fourth-order valence-electron chi connectivity index (χ4n) is 1.59. The molecule has 0 aromatic heterocycles. The molecule has 0 saturated carbocycles. The number of hydrogen-bond donors (Lipinski definition) is 1. The Balaban J connectivity index is 2.52. The lowest BCUT2D eigenvalue weighted by Crippen LogP contribution is -2.32. The van der Waals surface area contributed by atoms with Crippen LogP contribution in [0.4, 0.5) is 0 Å².